The Balaban J connectivity index is 1.47. The highest BCUT2D eigenvalue weighted by molar-refractivity contribution is 7.13. The zero-order chi connectivity index (χ0) is 15.6. The van der Waals surface area contributed by atoms with Gasteiger partial charge in [0.1, 0.15) is 0 Å². The topological polar surface area (TPSA) is 51.0 Å². The van der Waals surface area contributed by atoms with Crippen molar-refractivity contribution in [3.63, 3.8) is 0 Å². The van der Waals surface area contributed by atoms with E-state index in [1.807, 2.05) is 46.1 Å². The summed E-state index contributed by atoms with van der Waals surface area (Å²) >= 11 is 1.70. The monoisotopic (exact) mass is 324 g/mol. The summed E-state index contributed by atoms with van der Waals surface area (Å²) in [6, 6.07) is 12.2. The maximum Gasteiger partial charge on any atom is 0.253 e. The van der Waals surface area contributed by atoms with Crippen LogP contribution in [0.25, 0.3) is 10.4 Å². The van der Waals surface area contributed by atoms with Gasteiger partial charge in [0.15, 0.2) is 0 Å². The lowest BCUT2D eigenvalue weighted by atomic mass is 10.1. The number of hydrogen-bond acceptors (Lipinski definition) is 4. The van der Waals surface area contributed by atoms with Crippen LogP contribution in [0, 0.1) is 0 Å². The summed E-state index contributed by atoms with van der Waals surface area (Å²) in [6.07, 6.45) is 4.45. The molecule has 1 fully saturated rings. The number of thiophene rings is 1. The van der Waals surface area contributed by atoms with Crippen LogP contribution in [0.1, 0.15) is 22.8 Å². The van der Waals surface area contributed by atoms with Gasteiger partial charge in [-0.1, -0.05) is 23.4 Å². The van der Waals surface area contributed by atoms with Gasteiger partial charge in [-0.25, -0.2) is 4.68 Å². The number of carbonyl (C=O) groups is 1. The average molecular weight is 324 g/mol. The molecule has 1 aliphatic heterocycles. The second-order valence-electron chi connectivity index (χ2n) is 5.63. The van der Waals surface area contributed by atoms with Crippen LogP contribution in [0.5, 0.6) is 0 Å². The summed E-state index contributed by atoms with van der Waals surface area (Å²) in [5.74, 6) is 0.0883. The van der Waals surface area contributed by atoms with E-state index in [4.69, 9.17) is 0 Å². The third-order valence-corrected chi connectivity index (χ3v) is 5.12. The molecule has 6 heteroatoms. The van der Waals surface area contributed by atoms with Crippen LogP contribution in [0.15, 0.2) is 54.2 Å². The Morgan fingerprint density at radius 1 is 1.22 bits per heavy atom. The Hall–Kier alpha value is -2.47. The molecule has 1 aromatic carbocycles. The van der Waals surface area contributed by atoms with Gasteiger partial charge in [-0.2, -0.15) is 0 Å². The Morgan fingerprint density at radius 3 is 2.78 bits per heavy atom. The molecule has 4 rings (SSSR count). The quantitative estimate of drug-likeness (QED) is 0.744. The van der Waals surface area contributed by atoms with Crippen LogP contribution in [0.3, 0.4) is 0 Å². The van der Waals surface area contributed by atoms with Crippen LogP contribution in [0.2, 0.25) is 0 Å². The number of rotatable bonds is 3. The van der Waals surface area contributed by atoms with Crippen LogP contribution >= 0.6 is 11.3 Å². The van der Waals surface area contributed by atoms with E-state index in [9.17, 15) is 4.79 Å². The fourth-order valence-corrected chi connectivity index (χ4v) is 3.69. The van der Waals surface area contributed by atoms with Gasteiger partial charge in [-0.15, -0.1) is 16.4 Å². The highest BCUT2D eigenvalue weighted by Crippen LogP contribution is 2.26. The van der Waals surface area contributed by atoms with Gasteiger partial charge >= 0.3 is 0 Å². The molecule has 0 N–H and O–H groups in total. The molecule has 3 aromatic rings. The van der Waals surface area contributed by atoms with E-state index in [0.29, 0.717) is 6.54 Å². The molecule has 0 saturated carbocycles. The van der Waals surface area contributed by atoms with E-state index < -0.39 is 0 Å². The molecule has 0 bridgehead atoms. The number of amides is 1. The van der Waals surface area contributed by atoms with Crippen LogP contribution in [-0.2, 0) is 0 Å². The van der Waals surface area contributed by atoms with Gasteiger partial charge in [0.2, 0.25) is 0 Å². The average Bonchev–Trinajstić information content (AvgIpc) is 3.36. The second kappa shape index (κ2) is 5.96. The van der Waals surface area contributed by atoms with Gasteiger partial charge in [0, 0.05) is 29.7 Å². The van der Waals surface area contributed by atoms with E-state index in [-0.39, 0.29) is 11.9 Å². The lowest BCUT2D eigenvalue weighted by molar-refractivity contribution is 0.0787. The maximum atomic E-state index is 12.6. The van der Waals surface area contributed by atoms with E-state index in [2.05, 4.69) is 21.8 Å². The van der Waals surface area contributed by atoms with Gasteiger partial charge in [-0.05, 0) is 35.6 Å². The lowest BCUT2D eigenvalue weighted by Crippen LogP contribution is -2.29. The standard InChI is InChI=1S/C17H16N4OS/c22-17(20-9-7-15(12-20)21-10-8-18-19-21)14-5-3-13(4-6-14)16-2-1-11-23-16/h1-6,8,10-11,15H,7,9,12H2/t15-/m1/s1. The molecule has 1 amide bonds. The molecule has 3 heterocycles. The highest BCUT2D eigenvalue weighted by atomic mass is 32.1. The van der Waals surface area contributed by atoms with Crippen LogP contribution in [-0.4, -0.2) is 38.9 Å². The van der Waals surface area contributed by atoms with E-state index in [1.165, 1.54) is 4.88 Å². The van der Waals surface area contributed by atoms with Gasteiger partial charge in [0.05, 0.1) is 12.2 Å². The summed E-state index contributed by atoms with van der Waals surface area (Å²) < 4.78 is 1.84. The lowest BCUT2D eigenvalue weighted by Gasteiger charge is -2.16. The first kappa shape index (κ1) is 14.1. The van der Waals surface area contributed by atoms with Crippen molar-refractivity contribution in [1.29, 1.82) is 0 Å². The smallest absolute Gasteiger partial charge is 0.253 e. The molecule has 116 valence electrons. The van der Waals surface area contributed by atoms with Gasteiger partial charge < -0.3 is 4.90 Å². The molecule has 23 heavy (non-hydrogen) atoms. The number of carbonyl (C=O) groups excluding carboxylic acids is 1. The number of hydrogen-bond donors (Lipinski definition) is 0. The molecular formula is C17H16N4OS. The Kier molecular flexibility index (Phi) is 3.67. The summed E-state index contributed by atoms with van der Waals surface area (Å²) in [5, 5.41) is 9.93. The fourth-order valence-electron chi connectivity index (χ4n) is 2.96. The first-order valence-electron chi connectivity index (χ1n) is 7.60. The van der Waals surface area contributed by atoms with Crippen molar-refractivity contribution in [2.24, 2.45) is 0 Å². The van der Waals surface area contributed by atoms with Crippen molar-refractivity contribution in [2.45, 2.75) is 12.5 Å². The molecule has 0 radical (unpaired) electrons. The Morgan fingerprint density at radius 2 is 2.09 bits per heavy atom. The zero-order valence-electron chi connectivity index (χ0n) is 12.5. The minimum Gasteiger partial charge on any atom is -0.336 e. The summed E-state index contributed by atoms with van der Waals surface area (Å²) in [5.41, 5.74) is 1.89. The van der Waals surface area contributed by atoms with Crippen molar-refractivity contribution < 1.29 is 4.79 Å². The summed E-state index contributed by atoms with van der Waals surface area (Å²) in [7, 11) is 0. The minimum absolute atomic E-state index is 0.0883. The van der Waals surface area contributed by atoms with Gasteiger partial charge in [-0.3, -0.25) is 4.79 Å². The summed E-state index contributed by atoms with van der Waals surface area (Å²) in [6.45, 7) is 1.45. The second-order valence-corrected chi connectivity index (χ2v) is 6.58. The number of likely N-dealkylation sites (tertiary alicyclic amines) is 1. The molecule has 1 saturated heterocycles. The van der Waals surface area contributed by atoms with Crippen LogP contribution in [0.4, 0.5) is 0 Å². The van der Waals surface area contributed by atoms with E-state index >= 15 is 0 Å². The molecule has 0 unspecified atom stereocenters. The normalized spacial score (nSPS) is 17.6. The first-order valence-corrected chi connectivity index (χ1v) is 8.48. The zero-order valence-corrected chi connectivity index (χ0v) is 13.3. The molecule has 0 aliphatic carbocycles. The van der Waals surface area contributed by atoms with Crippen molar-refractivity contribution in [2.75, 3.05) is 13.1 Å². The van der Waals surface area contributed by atoms with E-state index in [1.54, 1.807) is 17.5 Å². The molecule has 0 spiro atoms. The third-order valence-electron chi connectivity index (χ3n) is 4.20. The molecule has 2 aromatic heterocycles. The number of aromatic nitrogens is 3. The van der Waals surface area contributed by atoms with Crippen LogP contribution < -0.4 is 0 Å². The predicted octanol–water partition coefficient (Wildman–Crippen LogP) is 3.09. The van der Waals surface area contributed by atoms with Gasteiger partial charge in [0.25, 0.3) is 5.91 Å². The highest BCUT2D eigenvalue weighted by Gasteiger charge is 2.28. The summed E-state index contributed by atoms with van der Waals surface area (Å²) in [4.78, 5) is 15.8. The Labute approximate surface area is 138 Å². The largest absolute Gasteiger partial charge is 0.336 e. The van der Waals surface area contributed by atoms with Crippen molar-refractivity contribution in [1.82, 2.24) is 19.9 Å². The van der Waals surface area contributed by atoms with Crippen molar-refractivity contribution in [3.05, 3.63) is 59.7 Å². The predicted molar refractivity (Wildman–Crippen MR) is 89.3 cm³/mol. The number of nitrogens with zero attached hydrogens (tertiary/aromatic N) is 4. The SMILES string of the molecule is O=C(c1ccc(-c2cccs2)cc1)N1CC[C@@H](n2ccnn2)C1. The first-order chi connectivity index (χ1) is 11.3. The number of benzene rings is 1. The van der Waals surface area contributed by atoms with Crippen molar-refractivity contribution >= 4 is 17.2 Å². The molecular weight excluding hydrogens is 308 g/mol. The fraction of sp³-hybridized carbons (Fsp3) is 0.235. The van der Waals surface area contributed by atoms with E-state index in [0.717, 1.165) is 24.1 Å². The Bertz CT molecular complexity index is 781. The molecule has 5 nitrogen and oxygen atoms in total. The minimum atomic E-state index is 0.0883. The molecule has 1 aliphatic rings. The van der Waals surface area contributed by atoms with Crippen molar-refractivity contribution in [3.8, 4) is 10.4 Å². The third kappa shape index (κ3) is 2.77. The molecule has 1 atom stereocenters. The maximum absolute atomic E-state index is 12.6.